The lowest BCUT2D eigenvalue weighted by atomic mass is 9.98. The van der Waals surface area contributed by atoms with Crippen molar-refractivity contribution >= 4 is 0 Å². The molecule has 0 spiro atoms. The summed E-state index contributed by atoms with van der Waals surface area (Å²) in [6.07, 6.45) is 6.41. The first-order valence-electron chi connectivity index (χ1n) is 7.53. The lowest BCUT2D eigenvalue weighted by molar-refractivity contribution is 0.590. The summed E-state index contributed by atoms with van der Waals surface area (Å²) in [4.78, 5) is 4.59. The second kappa shape index (κ2) is 5.76. The summed E-state index contributed by atoms with van der Waals surface area (Å²) in [5.41, 5.74) is 6.94. The molecule has 0 saturated heterocycles. The molecule has 1 aromatic carbocycles. The smallest absolute Gasteiger partial charge is 0.0447 e. The van der Waals surface area contributed by atoms with Crippen LogP contribution in [0.1, 0.15) is 47.3 Å². The molecule has 0 radical (unpaired) electrons. The van der Waals surface area contributed by atoms with Crippen LogP contribution in [-0.2, 0) is 19.3 Å². The van der Waals surface area contributed by atoms with Crippen molar-refractivity contribution in [2.45, 2.75) is 38.6 Å². The predicted octanol–water partition coefficient (Wildman–Crippen LogP) is 3.44. The quantitative estimate of drug-likeness (QED) is 0.917. The van der Waals surface area contributed by atoms with Gasteiger partial charge in [0, 0.05) is 24.4 Å². The zero-order valence-electron chi connectivity index (χ0n) is 12.3. The minimum Gasteiger partial charge on any atom is -0.313 e. The van der Waals surface area contributed by atoms with E-state index in [0.29, 0.717) is 6.04 Å². The van der Waals surface area contributed by atoms with Gasteiger partial charge in [-0.1, -0.05) is 31.2 Å². The second-order valence-electron chi connectivity index (χ2n) is 5.55. The SMILES string of the molecule is CCc1ccc(Cc2cccc3c2CCC3NC)nc1. The molecule has 1 aromatic heterocycles. The van der Waals surface area contributed by atoms with Gasteiger partial charge in [-0.25, -0.2) is 0 Å². The van der Waals surface area contributed by atoms with Crippen molar-refractivity contribution in [3.63, 3.8) is 0 Å². The van der Waals surface area contributed by atoms with E-state index >= 15 is 0 Å². The van der Waals surface area contributed by atoms with E-state index in [1.54, 1.807) is 0 Å². The first kappa shape index (κ1) is 13.3. The maximum Gasteiger partial charge on any atom is 0.0447 e. The van der Waals surface area contributed by atoms with Crippen molar-refractivity contribution in [2.75, 3.05) is 7.05 Å². The number of fused-ring (bicyclic) bond motifs is 1. The van der Waals surface area contributed by atoms with Crippen LogP contribution in [0.5, 0.6) is 0 Å². The van der Waals surface area contributed by atoms with Gasteiger partial charge in [0.05, 0.1) is 0 Å². The molecule has 1 N–H and O–H groups in total. The summed E-state index contributed by atoms with van der Waals surface area (Å²) in [5.74, 6) is 0. The molecule has 0 amide bonds. The molecule has 0 aliphatic heterocycles. The van der Waals surface area contributed by atoms with Crippen molar-refractivity contribution in [1.82, 2.24) is 10.3 Å². The zero-order valence-corrected chi connectivity index (χ0v) is 12.3. The van der Waals surface area contributed by atoms with Crippen molar-refractivity contribution in [3.8, 4) is 0 Å². The number of hydrogen-bond acceptors (Lipinski definition) is 2. The molecule has 0 fully saturated rings. The first-order valence-corrected chi connectivity index (χ1v) is 7.53. The maximum absolute atomic E-state index is 4.59. The molecule has 3 rings (SSSR count). The number of aromatic nitrogens is 1. The Morgan fingerprint density at radius 2 is 2.15 bits per heavy atom. The molecular weight excluding hydrogens is 244 g/mol. The average molecular weight is 266 g/mol. The fraction of sp³-hybridized carbons (Fsp3) is 0.389. The number of rotatable bonds is 4. The Morgan fingerprint density at radius 3 is 2.85 bits per heavy atom. The molecule has 20 heavy (non-hydrogen) atoms. The van der Waals surface area contributed by atoms with Crippen LogP contribution >= 0.6 is 0 Å². The molecule has 1 aliphatic rings. The van der Waals surface area contributed by atoms with Crippen molar-refractivity contribution < 1.29 is 0 Å². The number of hydrogen-bond donors (Lipinski definition) is 1. The lowest BCUT2D eigenvalue weighted by Gasteiger charge is -2.12. The summed E-state index contributed by atoms with van der Waals surface area (Å²) in [7, 11) is 2.05. The number of pyridine rings is 1. The summed E-state index contributed by atoms with van der Waals surface area (Å²) < 4.78 is 0. The van der Waals surface area contributed by atoms with E-state index in [9.17, 15) is 0 Å². The van der Waals surface area contributed by atoms with Gasteiger partial charge < -0.3 is 5.32 Å². The van der Waals surface area contributed by atoms with E-state index in [1.807, 2.05) is 6.20 Å². The van der Waals surface area contributed by atoms with Crippen molar-refractivity contribution in [2.24, 2.45) is 0 Å². The van der Waals surface area contributed by atoms with Crippen LogP contribution in [0, 0.1) is 0 Å². The minimum absolute atomic E-state index is 0.528. The van der Waals surface area contributed by atoms with Crippen LogP contribution in [0.4, 0.5) is 0 Å². The summed E-state index contributed by atoms with van der Waals surface area (Å²) >= 11 is 0. The number of nitrogens with zero attached hydrogens (tertiary/aromatic N) is 1. The molecule has 104 valence electrons. The Morgan fingerprint density at radius 1 is 1.25 bits per heavy atom. The molecule has 1 aliphatic carbocycles. The normalized spacial score (nSPS) is 17.2. The van der Waals surface area contributed by atoms with Gasteiger partial charge in [0.1, 0.15) is 0 Å². The molecule has 2 aromatic rings. The molecule has 2 nitrogen and oxygen atoms in total. The Hall–Kier alpha value is -1.67. The van der Waals surface area contributed by atoms with Gasteiger partial charge in [-0.15, -0.1) is 0 Å². The monoisotopic (exact) mass is 266 g/mol. The van der Waals surface area contributed by atoms with Gasteiger partial charge in [0.2, 0.25) is 0 Å². The molecule has 2 heteroatoms. The van der Waals surface area contributed by atoms with Gasteiger partial charge in [-0.3, -0.25) is 4.98 Å². The Bertz CT molecular complexity index is 587. The van der Waals surface area contributed by atoms with Crippen LogP contribution in [0.2, 0.25) is 0 Å². The highest BCUT2D eigenvalue weighted by Gasteiger charge is 2.22. The number of benzene rings is 1. The third-order valence-corrected chi connectivity index (χ3v) is 4.38. The molecule has 1 heterocycles. The van der Waals surface area contributed by atoms with Gasteiger partial charge in [-0.2, -0.15) is 0 Å². The number of nitrogens with one attached hydrogen (secondary N) is 1. The van der Waals surface area contributed by atoms with Crippen molar-refractivity contribution in [3.05, 3.63) is 64.5 Å². The minimum atomic E-state index is 0.528. The maximum atomic E-state index is 4.59. The van der Waals surface area contributed by atoms with Gasteiger partial charge in [-0.05, 0) is 54.6 Å². The Kier molecular flexibility index (Phi) is 3.83. The van der Waals surface area contributed by atoms with Crippen molar-refractivity contribution in [1.29, 1.82) is 0 Å². The standard InChI is InChI=1S/C18H22N2/c1-3-13-7-8-15(20-12-13)11-14-5-4-6-17-16(14)9-10-18(17)19-2/h4-8,12,18-19H,3,9-11H2,1-2H3. The van der Waals surface area contributed by atoms with E-state index < -0.39 is 0 Å². The highest BCUT2D eigenvalue weighted by Crippen LogP contribution is 2.33. The Labute approximate surface area is 121 Å². The van der Waals surface area contributed by atoms with Crippen LogP contribution < -0.4 is 5.32 Å². The number of aryl methyl sites for hydroxylation is 1. The average Bonchev–Trinajstić information content (AvgIpc) is 2.92. The largest absolute Gasteiger partial charge is 0.313 e. The Balaban J connectivity index is 1.86. The third kappa shape index (κ3) is 2.48. The molecular formula is C18H22N2. The van der Waals surface area contributed by atoms with Crippen LogP contribution in [-0.4, -0.2) is 12.0 Å². The lowest BCUT2D eigenvalue weighted by Crippen LogP contribution is -2.12. The van der Waals surface area contributed by atoms with E-state index in [4.69, 9.17) is 0 Å². The summed E-state index contributed by atoms with van der Waals surface area (Å²) in [6.45, 7) is 2.17. The second-order valence-corrected chi connectivity index (χ2v) is 5.55. The molecule has 1 unspecified atom stereocenters. The van der Waals surface area contributed by atoms with E-state index in [-0.39, 0.29) is 0 Å². The van der Waals surface area contributed by atoms with E-state index in [1.165, 1.54) is 40.8 Å². The van der Waals surface area contributed by atoms with Crippen LogP contribution in [0.25, 0.3) is 0 Å². The van der Waals surface area contributed by atoms with Gasteiger partial charge >= 0.3 is 0 Å². The third-order valence-electron chi connectivity index (χ3n) is 4.38. The highest BCUT2D eigenvalue weighted by molar-refractivity contribution is 5.42. The molecule has 1 atom stereocenters. The van der Waals surface area contributed by atoms with E-state index in [2.05, 4.69) is 54.6 Å². The highest BCUT2D eigenvalue weighted by atomic mass is 14.9. The molecule has 0 saturated carbocycles. The predicted molar refractivity (Wildman–Crippen MR) is 83.0 cm³/mol. The van der Waals surface area contributed by atoms with Gasteiger partial charge in [0.25, 0.3) is 0 Å². The summed E-state index contributed by atoms with van der Waals surface area (Å²) in [5, 5.41) is 3.41. The first-order chi connectivity index (χ1) is 9.81. The topological polar surface area (TPSA) is 24.9 Å². The van der Waals surface area contributed by atoms with Crippen LogP contribution in [0.3, 0.4) is 0 Å². The molecule has 0 bridgehead atoms. The zero-order chi connectivity index (χ0) is 13.9. The van der Waals surface area contributed by atoms with Gasteiger partial charge in [0.15, 0.2) is 0 Å². The fourth-order valence-corrected chi connectivity index (χ4v) is 3.16. The van der Waals surface area contributed by atoms with E-state index in [0.717, 1.165) is 12.8 Å². The van der Waals surface area contributed by atoms with Crippen LogP contribution in [0.15, 0.2) is 36.5 Å². The summed E-state index contributed by atoms with van der Waals surface area (Å²) in [6, 6.07) is 11.6. The fourth-order valence-electron chi connectivity index (χ4n) is 3.16.